The van der Waals surface area contributed by atoms with E-state index >= 15 is 0 Å². The van der Waals surface area contributed by atoms with E-state index in [1.165, 1.54) is 11.3 Å². The second kappa shape index (κ2) is 9.09. The standard InChI is InChI=1S/C24H28ClN3O2/c1-18-2-5-21(25)16-23(18)27-12-14-28(15-13-27)24(30)20-8-10-26(11-9-20)22-6-3-19(17-29)4-7-22/h2-7,16-17,20H,8-15H2,1H3. The number of hydrogen-bond acceptors (Lipinski definition) is 4. The number of hydrogen-bond donors (Lipinski definition) is 0. The van der Waals surface area contributed by atoms with Gasteiger partial charge in [0.25, 0.3) is 0 Å². The maximum atomic E-state index is 13.1. The predicted molar refractivity (Wildman–Crippen MR) is 122 cm³/mol. The van der Waals surface area contributed by atoms with Crippen molar-refractivity contribution in [3.8, 4) is 0 Å². The van der Waals surface area contributed by atoms with Gasteiger partial charge in [-0.15, -0.1) is 0 Å². The molecule has 0 spiro atoms. The number of carbonyl (C=O) groups is 2. The highest BCUT2D eigenvalue weighted by atomic mass is 35.5. The third-order valence-electron chi connectivity index (χ3n) is 6.34. The number of piperazine rings is 1. The van der Waals surface area contributed by atoms with Crippen LogP contribution in [0.15, 0.2) is 42.5 Å². The Labute approximate surface area is 183 Å². The third-order valence-corrected chi connectivity index (χ3v) is 6.58. The van der Waals surface area contributed by atoms with E-state index < -0.39 is 0 Å². The lowest BCUT2D eigenvalue weighted by Crippen LogP contribution is -2.51. The molecule has 5 nitrogen and oxygen atoms in total. The third kappa shape index (κ3) is 4.46. The molecule has 0 atom stereocenters. The van der Waals surface area contributed by atoms with Crippen molar-refractivity contribution >= 4 is 35.2 Å². The summed E-state index contributed by atoms with van der Waals surface area (Å²) in [6, 6.07) is 13.7. The maximum Gasteiger partial charge on any atom is 0.225 e. The zero-order valence-electron chi connectivity index (χ0n) is 17.4. The molecule has 2 aromatic rings. The molecule has 1 amide bonds. The van der Waals surface area contributed by atoms with Crippen LogP contribution in [0.5, 0.6) is 0 Å². The molecule has 0 radical (unpaired) electrons. The number of nitrogens with zero attached hydrogens (tertiary/aromatic N) is 3. The first kappa shape index (κ1) is 20.7. The molecule has 2 heterocycles. The van der Waals surface area contributed by atoms with Gasteiger partial charge in [0, 0.05) is 67.1 Å². The van der Waals surface area contributed by atoms with Crippen molar-refractivity contribution in [2.45, 2.75) is 19.8 Å². The zero-order valence-corrected chi connectivity index (χ0v) is 18.1. The largest absolute Gasteiger partial charge is 0.371 e. The molecule has 0 bridgehead atoms. The number of piperidine rings is 1. The fourth-order valence-electron chi connectivity index (χ4n) is 4.50. The quantitative estimate of drug-likeness (QED) is 0.694. The van der Waals surface area contributed by atoms with Crippen LogP contribution in [0.4, 0.5) is 11.4 Å². The lowest BCUT2D eigenvalue weighted by atomic mass is 9.94. The van der Waals surface area contributed by atoms with Gasteiger partial charge in [-0.05, 0) is 61.7 Å². The number of aryl methyl sites for hydroxylation is 1. The SMILES string of the molecule is Cc1ccc(Cl)cc1N1CCN(C(=O)C2CCN(c3ccc(C=O)cc3)CC2)CC1. The Balaban J connectivity index is 1.29. The number of halogens is 1. The lowest BCUT2D eigenvalue weighted by Gasteiger charge is -2.40. The Morgan fingerprint density at radius 3 is 2.23 bits per heavy atom. The van der Waals surface area contributed by atoms with Gasteiger partial charge in [-0.25, -0.2) is 0 Å². The first-order chi connectivity index (χ1) is 14.5. The van der Waals surface area contributed by atoms with Crippen LogP contribution >= 0.6 is 11.6 Å². The van der Waals surface area contributed by atoms with Crippen molar-refractivity contribution in [2.24, 2.45) is 5.92 Å². The van der Waals surface area contributed by atoms with E-state index in [0.717, 1.165) is 69.1 Å². The highest BCUT2D eigenvalue weighted by Gasteiger charge is 2.30. The Morgan fingerprint density at radius 1 is 0.933 bits per heavy atom. The highest BCUT2D eigenvalue weighted by Crippen LogP contribution is 2.28. The summed E-state index contributed by atoms with van der Waals surface area (Å²) in [4.78, 5) is 30.6. The van der Waals surface area contributed by atoms with Gasteiger partial charge >= 0.3 is 0 Å². The zero-order chi connectivity index (χ0) is 21.1. The number of amides is 1. The monoisotopic (exact) mass is 425 g/mol. The number of benzene rings is 2. The summed E-state index contributed by atoms with van der Waals surface area (Å²) in [5.41, 5.74) is 4.20. The molecule has 0 saturated carbocycles. The fraction of sp³-hybridized carbons (Fsp3) is 0.417. The van der Waals surface area contributed by atoms with Gasteiger partial charge in [0.15, 0.2) is 0 Å². The van der Waals surface area contributed by atoms with Crippen LogP contribution in [0.2, 0.25) is 5.02 Å². The molecule has 0 aromatic heterocycles. The number of carbonyl (C=O) groups excluding carboxylic acids is 2. The molecule has 2 aliphatic rings. The molecule has 2 aliphatic heterocycles. The molecule has 158 valence electrons. The summed E-state index contributed by atoms with van der Waals surface area (Å²) < 4.78 is 0. The van der Waals surface area contributed by atoms with Crippen molar-refractivity contribution < 1.29 is 9.59 Å². The minimum Gasteiger partial charge on any atom is -0.371 e. The van der Waals surface area contributed by atoms with E-state index in [2.05, 4.69) is 22.8 Å². The molecule has 0 aliphatic carbocycles. The van der Waals surface area contributed by atoms with Crippen LogP contribution in [-0.2, 0) is 4.79 Å². The van der Waals surface area contributed by atoms with Gasteiger partial charge < -0.3 is 14.7 Å². The lowest BCUT2D eigenvalue weighted by molar-refractivity contribution is -0.136. The Bertz CT molecular complexity index is 899. The molecule has 30 heavy (non-hydrogen) atoms. The van der Waals surface area contributed by atoms with E-state index in [-0.39, 0.29) is 5.92 Å². The van der Waals surface area contributed by atoms with E-state index in [4.69, 9.17) is 11.6 Å². The van der Waals surface area contributed by atoms with Crippen LogP contribution in [0, 0.1) is 12.8 Å². The van der Waals surface area contributed by atoms with Gasteiger partial charge in [0.2, 0.25) is 5.91 Å². The van der Waals surface area contributed by atoms with Crippen molar-refractivity contribution in [1.29, 1.82) is 0 Å². The molecule has 2 aromatic carbocycles. The molecular weight excluding hydrogens is 398 g/mol. The number of aldehydes is 1. The average molecular weight is 426 g/mol. The van der Waals surface area contributed by atoms with Crippen molar-refractivity contribution in [2.75, 3.05) is 49.1 Å². The van der Waals surface area contributed by atoms with Crippen molar-refractivity contribution in [3.05, 3.63) is 58.6 Å². The van der Waals surface area contributed by atoms with Crippen LogP contribution in [0.1, 0.15) is 28.8 Å². The van der Waals surface area contributed by atoms with Crippen LogP contribution < -0.4 is 9.80 Å². The first-order valence-electron chi connectivity index (χ1n) is 10.7. The summed E-state index contributed by atoms with van der Waals surface area (Å²) >= 11 is 6.18. The fourth-order valence-corrected chi connectivity index (χ4v) is 4.66. The topological polar surface area (TPSA) is 43.9 Å². The van der Waals surface area contributed by atoms with Crippen molar-refractivity contribution in [3.63, 3.8) is 0 Å². The smallest absolute Gasteiger partial charge is 0.225 e. The van der Waals surface area contributed by atoms with Gasteiger partial charge in [-0.3, -0.25) is 9.59 Å². The van der Waals surface area contributed by atoms with E-state index in [1.807, 2.05) is 41.3 Å². The summed E-state index contributed by atoms with van der Waals surface area (Å²) in [5, 5.41) is 0.752. The van der Waals surface area contributed by atoms with Gasteiger partial charge in [-0.2, -0.15) is 0 Å². The van der Waals surface area contributed by atoms with Gasteiger partial charge in [-0.1, -0.05) is 17.7 Å². The summed E-state index contributed by atoms with van der Waals surface area (Å²) in [5.74, 6) is 0.406. The second-order valence-electron chi connectivity index (χ2n) is 8.21. The normalized spacial score (nSPS) is 17.9. The second-order valence-corrected chi connectivity index (χ2v) is 8.65. The van der Waals surface area contributed by atoms with Crippen LogP contribution in [0.3, 0.4) is 0 Å². The Morgan fingerprint density at radius 2 is 1.60 bits per heavy atom. The summed E-state index contributed by atoms with van der Waals surface area (Å²) in [6.45, 7) is 7.06. The maximum absolute atomic E-state index is 13.1. The minimum absolute atomic E-state index is 0.106. The molecular formula is C24H28ClN3O2. The van der Waals surface area contributed by atoms with Crippen molar-refractivity contribution in [1.82, 2.24) is 4.90 Å². The number of rotatable bonds is 4. The Hall–Kier alpha value is -2.53. The van der Waals surface area contributed by atoms with Crippen LogP contribution in [-0.4, -0.2) is 56.4 Å². The molecule has 0 N–H and O–H groups in total. The van der Waals surface area contributed by atoms with E-state index in [9.17, 15) is 9.59 Å². The molecule has 6 heteroatoms. The highest BCUT2D eigenvalue weighted by molar-refractivity contribution is 6.30. The first-order valence-corrected chi connectivity index (χ1v) is 11.0. The van der Waals surface area contributed by atoms with Gasteiger partial charge in [0.1, 0.15) is 6.29 Å². The molecule has 4 rings (SSSR count). The molecule has 2 fully saturated rings. The molecule has 0 unspecified atom stereocenters. The van der Waals surface area contributed by atoms with E-state index in [0.29, 0.717) is 11.5 Å². The molecule has 2 saturated heterocycles. The van der Waals surface area contributed by atoms with Gasteiger partial charge in [0.05, 0.1) is 0 Å². The Kier molecular flexibility index (Phi) is 6.28. The predicted octanol–water partition coefficient (Wildman–Crippen LogP) is 4.03. The van der Waals surface area contributed by atoms with Crippen LogP contribution in [0.25, 0.3) is 0 Å². The summed E-state index contributed by atoms with van der Waals surface area (Å²) in [7, 11) is 0. The van der Waals surface area contributed by atoms with E-state index in [1.54, 1.807) is 0 Å². The summed E-state index contributed by atoms with van der Waals surface area (Å²) in [6.07, 6.45) is 2.62. The minimum atomic E-state index is 0.106. The number of anilines is 2. The average Bonchev–Trinajstić information content (AvgIpc) is 2.80.